The van der Waals surface area contributed by atoms with E-state index in [1.54, 1.807) is 59.7 Å². The highest BCUT2D eigenvalue weighted by Crippen LogP contribution is 2.22. The molecule has 1 aromatic heterocycles. The molecule has 0 atom stereocenters. The zero-order chi connectivity index (χ0) is 18.1. The van der Waals surface area contributed by atoms with E-state index in [0.29, 0.717) is 34.8 Å². The van der Waals surface area contributed by atoms with Gasteiger partial charge in [0.15, 0.2) is 5.78 Å². The van der Waals surface area contributed by atoms with Crippen LogP contribution in [-0.2, 0) is 13.0 Å². The molecule has 4 nitrogen and oxygen atoms in total. The first-order chi connectivity index (χ1) is 12.6. The molecule has 0 saturated carbocycles. The maximum Gasteiger partial charge on any atom is 0.254 e. The van der Waals surface area contributed by atoms with Gasteiger partial charge in [-0.3, -0.25) is 9.59 Å². The standard InChI is InChI=1S/C21H16ClNO3/c22-18-7-5-15(6-8-18)20(24)14-1-3-16(4-2-14)21(25)23-11-9-19-17(13-23)10-12-26-19/h1-8,10,12H,9,11,13H2. The summed E-state index contributed by atoms with van der Waals surface area (Å²) in [5, 5.41) is 0.588. The molecule has 0 saturated heterocycles. The number of nitrogens with zero attached hydrogens (tertiary/aromatic N) is 1. The molecule has 5 heteroatoms. The number of hydrogen-bond acceptors (Lipinski definition) is 3. The first kappa shape index (κ1) is 16.6. The van der Waals surface area contributed by atoms with E-state index >= 15 is 0 Å². The summed E-state index contributed by atoms with van der Waals surface area (Å²) in [6.45, 7) is 1.18. The van der Waals surface area contributed by atoms with Crippen LogP contribution in [0.3, 0.4) is 0 Å². The van der Waals surface area contributed by atoms with Crippen molar-refractivity contribution in [2.24, 2.45) is 0 Å². The lowest BCUT2D eigenvalue weighted by Gasteiger charge is -2.26. The van der Waals surface area contributed by atoms with Gasteiger partial charge in [0.25, 0.3) is 5.91 Å². The summed E-state index contributed by atoms with van der Waals surface area (Å²) >= 11 is 5.86. The molecule has 0 spiro atoms. The van der Waals surface area contributed by atoms with Gasteiger partial charge in [-0.1, -0.05) is 23.7 Å². The van der Waals surface area contributed by atoms with E-state index in [1.165, 1.54) is 0 Å². The third-order valence-electron chi connectivity index (χ3n) is 4.60. The van der Waals surface area contributed by atoms with Gasteiger partial charge in [0.1, 0.15) is 5.76 Å². The summed E-state index contributed by atoms with van der Waals surface area (Å²) in [6.07, 6.45) is 2.39. The van der Waals surface area contributed by atoms with Crippen LogP contribution in [0.15, 0.2) is 65.3 Å². The molecule has 0 fully saturated rings. The molecule has 0 bridgehead atoms. The Labute approximate surface area is 156 Å². The fourth-order valence-electron chi connectivity index (χ4n) is 3.14. The average Bonchev–Trinajstić information content (AvgIpc) is 3.15. The minimum atomic E-state index is -0.0957. The fourth-order valence-corrected chi connectivity index (χ4v) is 3.26. The molecule has 0 unspecified atom stereocenters. The zero-order valence-corrected chi connectivity index (χ0v) is 14.7. The van der Waals surface area contributed by atoms with Crippen molar-refractivity contribution in [3.8, 4) is 0 Å². The van der Waals surface area contributed by atoms with Crippen molar-refractivity contribution in [2.45, 2.75) is 13.0 Å². The first-order valence-corrected chi connectivity index (χ1v) is 8.74. The SMILES string of the molecule is O=C(c1ccc(Cl)cc1)c1ccc(C(=O)N2CCc3occc3C2)cc1. The minimum absolute atomic E-state index is 0.0395. The van der Waals surface area contributed by atoms with Crippen LogP contribution < -0.4 is 0 Å². The van der Waals surface area contributed by atoms with Gasteiger partial charge < -0.3 is 9.32 Å². The van der Waals surface area contributed by atoms with Gasteiger partial charge in [0.2, 0.25) is 0 Å². The van der Waals surface area contributed by atoms with Crippen molar-refractivity contribution in [3.63, 3.8) is 0 Å². The van der Waals surface area contributed by atoms with Gasteiger partial charge >= 0.3 is 0 Å². The average molecular weight is 366 g/mol. The molecule has 4 rings (SSSR count). The van der Waals surface area contributed by atoms with Crippen molar-refractivity contribution in [2.75, 3.05) is 6.54 Å². The topological polar surface area (TPSA) is 50.5 Å². The van der Waals surface area contributed by atoms with Crippen LogP contribution >= 0.6 is 11.6 Å². The predicted octanol–water partition coefficient (Wildman–Crippen LogP) is 4.36. The van der Waals surface area contributed by atoms with Crippen LogP contribution in [0, 0.1) is 0 Å². The molecule has 0 aliphatic carbocycles. The first-order valence-electron chi connectivity index (χ1n) is 8.36. The Hall–Kier alpha value is -2.85. The third kappa shape index (κ3) is 3.16. The number of carbonyl (C=O) groups excluding carboxylic acids is 2. The van der Waals surface area contributed by atoms with Crippen LogP contribution in [0.2, 0.25) is 5.02 Å². The van der Waals surface area contributed by atoms with Gasteiger partial charge in [0.05, 0.1) is 6.26 Å². The molecule has 2 heterocycles. The number of rotatable bonds is 3. The summed E-state index contributed by atoms with van der Waals surface area (Å²) in [5.41, 5.74) is 2.74. The lowest BCUT2D eigenvalue weighted by atomic mass is 10.0. The lowest BCUT2D eigenvalue weighted by Crippen LogP contribution is -2.35. The minimum Gasteiger partial charge on any atom is -0.469 e. The molecule has 1 aliphatic rings. The molecular formula is C21H16ClNO3. The number of amides is 1. The highest BCUT2D eigenvalue weighted by Gasteiger charge is 2.23. The largest absolute Gasteiger partial charge is 0.469 e. The number of ketones is 1. The maximum atomic E-state index is 12.7. The molecule has 0 radical (unpaired) electrons. The molecular weight excluding hydrogens is 350 g/mol. The maximum absolute atomic E-state index is 12.7. The quantitative estimate of drug-likeness (QED) is 0.648. The Bertz CT molecular complexity index is 958. The number of benzene rings is 2. The zero-order valence-electron chi connectivity index (χ0n) is 13.9. The molecule has 0 N–H and O–H groups in total. The van der Waals surface area contributed by atoms with Gasteiger partial charge in [-0.2, -0.15) is 0 Å². The van der Waals surface area contributed by atoms with E-state index in [-0.39, 0.29) is 11.7 Å². The van der Waals surface area contributed by atoms with Gasteiger partial charge in [-0.15, -0.1) is 0 Å². The predicted molar refractivity (Wildman–Crippen MR) is 98.5 cm³/mol. The fraction of sp³-hybridized carbons (Fsp3) is 0.143. The van der Waals surface area contributed by atoms with E-state index in [0.717, 1.165) is 17.7 Å². The van der Waals surface area contributed by atoms with Gasteiger partial charge in [-0.25, -0.2) is 0 Å². The van der Waals surface area contributed by atoms with Crippen molar-refractivity contribution in [3.05, 3.63) is 93.9 Å². The number of hydrogen-bond donors (Lipinski definition) is 0. The van der Waals surface area contributed by atoms with E-state index in [4.69, 9.17) is 16.0 Å². The van der Waals surface area contributed by atoms with E-state index in [1.807, 2.05) is 6.07 Å². The van der Waals surface area contributed by atoms with Gasteiger partial charge in [-0.05, 0) is 42.5 Å². The summed E-state index contributed by atoms with van der Waals surface area (Å²) in [4.78, 5) is 27.0. The number of halogens is 1. The highest BCUT2D eigenvalue weighted by molar-refractivity contribution is 6.30. The molecule has 130 valence electrons. The van der Waals surface area contributed by atoms with Crippen molar-refractivity contribution >= 4 is 23.3 Å². The molecule has 1 aliphatic heterocycles. The Kier molecular flexibility index (Phi) is 4.35. The molecule has 3 aromatic rings. The lowest BCUT2D eigenvalue weighted by molar-refractivity contribution is 0.0729. The number of fused-ring (bicyclic) bond motifs is 1. The number of carbonyl (C=O) groups is 2. The molecule has 26 heavy (non-hydrogen) atoms. The van der Waals surface area contributed by atoms with Crippen molar-refractivity contribution in [1.29, 1.82) is 0 Å². The monoisotopic (exact) mass is 365 g/mol. The summed E-state index contributed by atoms with van der Waals surface area (Å²) < 4.78 is 5.40. The number of furan rings is 1. The van der Waals surface area contributed by atoms with E-state index < -0.39 is 0 Å². The van der Waals surface area contributed by atoms with E-state index in [2.05, 4.69) is 0 Å². The van der Waals surface area contributed by atoms with Crippen LogP contribution in [0.4, 0.5) is 0 Å². The summed E-state index contributed by atoms with van der Waals surface area (Å²) in [5.74, 6) is 0.821. The molecule has 2 aromatic carbocycles. The third-order valence-corrected chi connectivity index (χ3v) is 4.85. The second-order valence-electron chi connectivity index (χ2n) is 6.26. The second-order valence-corrected chi connectivity index (χ2v) is 6.70. The van der Waals surface area contributed by atoms with Crippen molar-refractivity contribution < 1.29 is 14.0 Å². The highest BCUT2D eigenvalue weighted by atomic mass is 35.5. The van der Waals surface area contributed by atoms with Crippen LogP contribution in [0.5, 0.6) is 0 Å². The normalized spacial score (nSPS) is 13.3. The summed E-state index contributed by atoms with van der Waals surface area (Å²) in [7, 11) is 0. The molecule has 1 amide bonds. The van der Waals surface area contributed by atoms with Crippen molar-refractivity contribution in [1.82, 2.24) is 4.90 Å². The Balaban J connectivity index is 1.50. The second kappa shape index (κ2) is 6.81. The smallest absolute Gasteiger partial charge is 0.254 e. The Morgan fingerprint density at radius 3 is 2.19 bits per heavy atom. The summed E-state index contributed by atoms with van der Waals surface area (Å²) in [6, 6.07) is 15.5. The van der Waals surface area contributed by atoms with Crippen LogP contribution in [-0.4, -0.2) is 23.1 Å². The van der Waals surface area contributed by atoms with E-state index in [9.17, 15) is 9.59 Å². The van der Waals surface area contributed by atoms with Crippen LogP contribution in [0.1, 0.15) is 37.6 Å². The Morgan fingerprint density at radius 2 is 1.50 bits per heavy atom. The van der Waals surface area contributed by atoms with Gasteiger partial charge in [0, 0.05) is 46.8 Å². The Morgan fingerprint density at radius 1 is 0.885 bits per heavy atom. The van der Waals surface area contributed by atoms with Crippen LogP contribution in [0.25, 0.3) is 0 Å².